The van der Waals surface area contributed by atoms with Gasteiger partial charge in [-0.25, -0.2) is 9.59 Å². The number of carboxylic acids is 2. The number of carbonyl (C=O) groups is 2. The number of benzene rings is 3. The first-order valence-electron chi connectivity index (χ1n) is 11.9. The SMILES string of the molecule is COc1ccc(-c2c(C(=O)O)n(Cc3ccc4nsnc4c3)c3c4ccccc4n(C)c23)c(OCC(=O)O)c1. The third-order valence-electron chi connectivity index (χ3n) is 6.76. The first kappa shape index (κ1) is 24.4. The number of hydrogen-bond acceptors (Lipinski definition) is 7. The zero-order valence-corrected chi connectivity index (χ0v) is 21.7. The lowest BCUT2D eigenvalue weighted by molar-refractivity contribution is -0.139. The molecule has 0 aliphatic rings. The highest BCUT2D eigenvalue weighted by molar-refractivity contribution is 7.00. The van der Waals surface area contributed by atoms with Crippen molar-refractivity contribution < 1.29 is 29.3 Å². The number of para-hydroxylation sites is 1. The van der Waals surface area contributed by atoms with Gasteiger partial charge in [-0.3, -0.25) is 0 Å². The van der Waals surface area contributed by atoms with Crippen LogP contribution in [0.25, 0.3) is 44.1 Å². The second kappa shape index (κ2) is 9.44. The number of ether oxygens (including phenoxy) is 2. The molecule has 10 nitrogen and oxygen atoms in total. The predicted octanol–water partition coefficient (Wildman–Crippen LogP) is 5.02. The minimum Gasteiger partial charge on any atom is -0.497 e. The second-order valence-electron chi connectivity index (χ2n) is 9.02. The van der Waals surface area contributed by atoms with Gasteiger partial charge in [0.05, 0.1) is 35.4 Å². The van der Waals surface area contributed by atoms with Gasteiger partial charge in [0.1, 0.15) is 28.2 Å². The number of aryl methyl sites for hydroxylation is 1. The van der Waals surface area contributed by atoms with E-state index in [-0.39, 0.29) is 18.0 Å². The number of aromatic nitrogens is 4. The third-order valence-corrected chi connectivity index (χ3v) is 7.32. The summed E-state index contributed by atoms with van der Waals surface area (Å²) in [5, 5.41) is 20.8. The Kier molecular flexibility index (Phi) is 5.92. The van der Waals surface area contributed by atoms with Gasteiger partial charge in [0.25, 0.3) is 0 Å². The second-order valence-corrected chi connectivity index (χ2v) is 9.55. The molecule has 0 atom stereocenters. The fourth-order valence-electron chi connectivity index (χ4n) is 5.13. The molecule has 0 fully saturated rings. The van der Waals surface area contributed by atoms with E-state index in [1.807, 2.05) is 54.1 Å². The highest BCUT2D eigenvalue weighted by Gasteiger charge is 2.30. The Morgan fingerprint density at radius 2 is 1.77 bits per heavy atom. The highest BCUT2D eigenvalue weighted by Crippen LogP contribution is 2.44. The molecule has 0 amide bonds. The first-order valence-corrected chi connectivity index (χ1v) is 12.7. The maximum atomic E-state index is 13.0. The fourth-order valence-corrected chi connectivity index (χ4v) is 5.65. The average molecular weight is 543 g/mol. The Labute approximate surface area is 225 Å². The molecule has 2 N–H and O–H groups in total. The Morgan fingerprint density at radius 1 is 0.974 bits per heavy atom. The quantitative estimate of drug-likeness (QED) is 0.274. The maximum Gasteiger partial charge on any atom is 0.353 e. The van der Waals surface area contributed by atoms with Crippen LogP contribution in [-0.2, 0) is 18.4 Å². The zero-order chi connectivity index (χ0) is 27.3. The van der Waals surface area contributed by atoms with Crippen molar-refractivity contribution >= 4 is 56.6 Å². The molecule has 3 aromatic heterocycles. The summed E-state index contributed by atoms with van der Waals surface area (Å²) in [4.78, 5) is 24.3. The van der Waals surface area contributed by atoms with Crippen molar-refractivity contribution in [2.24, 2.45) is 7.05 Å². The summed E-state index contributed by atoms with van der Waals surface area (Å²) in [5.41, 5.74) is 5.69. The molecule has 0 radical (unpaired) electrons. The molecular formula is C28H22N4O6S. The molecule has 6 rings (SSSR count). The topological polar surface area (TPSA) is 129 Å². The summed E-state index contributed by atoms with van der Waals surface area (Å²) in [5.74, 6) is -1.62. The molecule has 0 spiro atoms. The van der Waals surface area contributed by atoms with E-state index in [9.17, 15) is 19.8 Å². The number of nitrogens with zero attached hydrogens (tertiary/aromatic N) is 4. The van der Waals surface area contributed by atoms with Gasteiger partial charge in [0.15, 0.2) is 6.61 Å². The van der Waals surface area contributed by atoms with E-state index in [2.05, 4.69) is 8.75 Å². The Morgan fingerprint density at radius 3 is 2.54 bits per heavy atom. The molecule has 0 aliphatic heterocycles. The van der Waals surface area contributed by atoms with Crippen LogP contribution >= 0.6 is 11.7 Å². The number of hydrogen-bond donors (Lipinski definition) is 2. The molecule has 11 heteroatoms. The molecule has 0 saturated heterocycles. The van der Waals surface area contributed by atoms with Gasteiger partial charge in [0, 0.05) is 36.2 Å². The number of aromatic carboxylic acids is 1. The van der Waals surface area contributed by atoms with E-state index in [0.717, 1.165) is 44.7 Å². The Balaban J connectivity index is 1.68. The van der Waals surface area contributed by atoms with Gasteiger partial charge in [-0.1, -0.05) is 24.3 Å². The smallest absolute Gasteiger partial charge is 0.353 e. The third kappa shape index (κ3) is 4.03. The van der Waals surface area contributed by atoms with Gasteiger partial charge in [-0.2, -0.15) is 8.75 Å². The number of fused-ring (bicyclic) bond motifs is 4. The summed E-state index contributed by atoms with van der Waals surface area (Å²) < 4.78 is 23.3. The van der Waals surface area contributed by atoms with Crippen LogP contribution in [0.1, 0.15) is 16.1 Å². The molecule has 0 aliphatic carbocycles. The molecular weight excluding hydrogens is 520 g/mol. The van der Waals surface area contributed by atoms with Crippen molar-refractivity contribution in [1.29, 1.82) is 0 Å². The summed E-state index contributed by atoms with van der Waals surface area (Å²) in [7, 11) is 3.38. The molecule has 3 aromatic carbocycles. The highest BCUT2D eigenvalue weighted by atomic mass is 32.1. The lowest BCUT2D eigenvalue weighted by Gasteiger charge is -2.14. The van der Waals surface area contributed by atoms with Crippen LogP contribution in [0.3, 0.4) is 0 Å². The summed E-state index contributed by atoms with van der Waals surface area (Å²) in [6, 6.07) is 18.5. The molecule has 0 bridgehead atoms. The van der Waals surface area contributed by atoms with Crippen molar-refractivity contribution in [2.45, 2.75) is 6.54 Å². The summed E-state index contributed by atoms with van der Waals surface area (Å²) in [6.07, 6.45) is 0. The molecule has 6 aromatic rings. The van der Waals surface area contributed by atoms with Crippen molar-refractivity contribution in [3.63, 3.8) is 0 Å². The summed E-state index contributed by atoms with van der Waals surface area (Å²) >= 11 is 1.13. The first-order chi connectivity index (χ1) is 18.9. The van der Waals surface area contributed by atoms with Crippen LogP contribution < -0.4 is 9.47 Å². The van der Waals surface area contributed by atoms with Crippen LogP contribution in [0.4, 0.5) is 0 Å². The largest absolute Gasteiger partial charge is 0.497 e. The van der Waals surface area contributed by atoms with Crippen LogP contribution in [-0.4, -0.2) is 53.7 Å². The Bertz CT molecular complexity index is 1920. The van der Waals surface area contributed by atoms with Crippen LogP contribution in [0, 0.1) is 0 Å². The predicted molar refractivity (Wildman–Crippen MR) is 147 cm³/mol. The minimum atomic E-state index is -1.15. The lowest BCUT2D eigenvalue weighted by Crippen LogP contribution is -2.12. The standard InChI is InChI=1S/C28H22N4O6S/c1-31-21-6-4-3-5-17(21)25-26(31)24(18-9-8-16(37-2)12-22(18)38-14-23(33)34)27(28(35)36)32(25)13-15-7-10-19-20(11-15)30-39-29-19/h3-12H,13-14H2,1-2H3,(H,33,34)(H,35,36). The van der Waals surface area contributed by atoms with Gasteiger partial charge >= 0.3 is 11.9 Å². The average Bonchev–Trinajstić information content (AvgIpc) is 3.61. The maximum absolute atomic E-state index is 13.0. The van der Waals surface area contributed by atoms with E-state index in [1.54, 1.807) is 22.8 Å². The molecule has 3 heterocycles. The fraction of sp³-hybridized carbons (Fsp3) is 0.143. The minimum absolute atomic E-state index is 0.0585. The van der Waals surface area contributed by atoms with Crippen LogP contribution in [0.2, 0.25) is 0 Å². The van der Waals surface area contributed by atoms with Gasteiger partial charge < -0.3 is 28.8 Å². The normalized spacial score (nSPS) is 11.4. The van der Waals surface area contributed by atoms with E-state index >= 15 is 0 Å². The van der Waals surface area contributed by atoms with Gasteiger partial charge in [0.2, 0.25) is 0 Å². The van der Waals surface area contributed by atoms with Crippen molar-refractivity contribution in [3.05, 3.63) is 71.9 Å². The van der Waals surface area contributed by atoms with E-state index in [1.165, 1.54) is 7.11 Å². The van der Waals surface area contributed by atoms with Crippen LogP contribution in [0.15, 0.2) is 60.7 Å². The van der Waals surface area contributed by atoms with E-state index < -0.39 is 18.5 Å². The lowest BCUT2D eigenvalue weighted by atomic mass is 10.0. The van der Waals surface area contributed by atoms with E-state index in [0.29, 0.717) is 22.4 Å². The van der Waals surface area contributed by atoms with Crippen molar-refractivity contribution in [2.75, 3.05) is 13.7 Å². The number of carboxylic acid groups (broad SMARTS) is 2. The Hall–Kier alpha value is -4.90. The molecule has 39 heavy (non-hydrogen) atoms. The zero-order valence-electron chi connectivity index (χ0n) is 20.9. The van der Waals surface area contributed by atoms with Gasteiger partial charge in [-0.15, -0.1) is 0 Å². The van der Waals surface area contributed by atoms with Crippen molar-refractivity contribution in [3.8, 4) is 22.6 Å². The number of methoxy groups -OCH3 is 1. The monoisotopic (exact) mass is 542 g/mol. The molecule has 0 saturated carbocycles. The van der Waals surface area contributed by atoms with Crippen molar-refractivity contribution in [1.82, 2.24) is 17.9 Å². The summed E-state index contributed by atoms with van der Waals surface area (Å²) in [6.45, 7) is -0.329. The van der Waals surface area contributed by atoms with E-state index in [4.69, 9.17) is 9.47 Å². The van der Waals surface area contributed by atoms with Crippen LogP contribution in [0.5, 0.6) is 11.5 Å². The molecule has 196 valence electrons. The van der Waals surface area contributed by atoms with Gasteiger partial charge in [-0.05, 0) is 35.9 Å². The molecule has 0 unspecified atom stereocenters. The number of aliphatic carboxylic acids is 1. The number of rotatable bonds is 8.